The Kier molecular flexibility index (Phi) is 3.98. The fraction of sp³-hybridized carbons (Fsp3) is 0.412. The Morgan fingerprint density at radius 3 is 2.55 bits per heavy atom. The highest BCUT2D eigenvalue weighted by Crippen LogP contribution is 2.36. The molecule has 116 valence electrons. The average molecular weight is 299 g/mol. The highest BCUT2D eigenvalue weighted by Gasteiger charge is 2.41. The highest BCUT2D eigenvalue weighted by molar-refractivity contribution is 5.99. The van der Waals surface area contributed by atoms with Crippen molar-refractivity contribution in [3.05, 3.63) is 47.8 Å². The fourth-order valence-corrected chi connectivity index (χ4v) is 2.98. The van der Waals surface area contributed by atoms with E-state index in [1.807, 2.05) is 7.05 Å². The number of aromatic nitrogens is 2. The minimum atomic E-state index is -0.526. The van der Waals surface area contributed by atoms with Crippen molar-refractivity contribution in [3.63, 3.8) is 0 Å². The lowest BCUT2D eigenvalue weighted by Gasteiger charge is -2.36. The summed E-state index contributed by atoms with van der Waals surface area (Å²) in [7, 11) is 1.83. The van der Waals surface area contributed by atoms with E-state index in [-0.39, 0.29) is 5.91 Å². The van der Waals surface area contributed by atoms with Gasteiger partial charge in [-0.1, -0.05) is 29.8 Å². The summed E-state index contributed by atoms with van der Waals surface area (Å²) in [5.41, 5.74) is 2.45. The molecule has 1 amide bonds. The molecule has 1 aromatic carbocycles. The predicted molar refractivity (Wildman–Crippen MR) is 84.7 cm³/mol. The van der Waals surface area contributed by atoms with Gasteiger partial charge in [0.15, 0.2) is 0 Å². The molecule has 1 aliphatic rings. The van der Waals surface area contributed by atoms with E-state index >= 15 is 0 Å². The summed E-state index contributed by atoms with van der Waals surface area (Å²) in [4.78, 5) is 13.0. The summed E-state index contributed by atoms with van der Waals surface area (Å²) in [5.74, 6) is 0.0210. The van der Waals surface area contributed by atoms with Gasteiger partial charge in [0, 0.05) is 26.5 Å². The fourth-order valence-electron chi connectivity index (χ4n) is 2.98. The smallest absolute Gasteiger partial charge is 0.235 e. The number of nitrogens with zero attached hydrogens (tertiary/aromatic N) is 2. The van der Waals surface area contributed by atoms with E-state index in [4.69, 9.17) is 4.74 Å². The molecule has 0 bridgehead atoms. The van der Waals surface area contributed by atoms with E-state index in [9.17, 15) is 4.79 Å². The van der Waals surface area contributed by atoms with Crippen molar-refractivity contribution >= 4 is 11.6 Å². The third-order valence-corrected chi connectivity index (χ3v) is 4.35. The Morgan fingerprint density at radius 1 is 1.27 bits per heavy atom. The summed E-state index contributed by atoms with van der Waals surface area (Å²) in [6.45, 7) is 3.26. The number of nitrogens with one attached hydrogen (secondary N) is 1. The van der Waals surface area contributed by atoms with Crippen LogP contribution in [0.1, 0.15) is 24.0 Å². The third-order valence-electron chi connectivity index (χ3n) is 4.35. The van der Waals surface area contributed by atoms with Crippen LogP contribution in [0.25, 0.3) is 0 Å². The van der Waals surface area contributed by atoms with Gasteiger partial charge in [-0.3, -0.25) is 9.48 Å². The van der Waals surface area contributed by atoms with Crippen LogP contribution in [0.5, 0.6) is 0 Å². The number of hydrogen-bond donors (Lipinski definition) is 1. The highest BCUT2D eigenvalue weighted by atomic mass is 16.5. The zero-order chi connectivity index (χ0) is 15.6. The Hall–Kier alpha value is -2.14. The standard InChI is InChI=1S/C17H21N3O2/c1-13-3-5-14(6-4-13)17(7-9-22-10-8-17)16(21)19-15-11-18-20(2)12-15/h3-6,11-12H,7-10H2,1-2H3,(H,19,21). The zero-order valence-electron chi connectivity index (χ0n) is 13.0. The van der Waals surface area contributed by atoms with Gasteiger partial charge in [0.2, 0.25) is 5.91 Å². The van der Waals surface area contributed by atoms with Crippen LogP contribution >= 0.6 is 0 Å². The number of carbonyl (C=O) groups is 1. The largest absolute Gasteiger partial charge is 0.381 e. The summed E-state index contributed by atoms with van der Waals surface area (Å²) < 4.78 is 7.16. The zero-order valence-corrected chi connectivity index (χ0v) is 13.0. The molecule has 5 heteroatoms. The van der Waals surface area contributed by atoms with E-state index in [2.05, 4.69) is 41.6 Å². The molecule has 1 fully saturated rings. The maximum atomic E-state index is 13.0. The molecule has 1 saturated heterocycles. The molecule has 0 saturated carbocycles. The van der Waals surface area contributed by atoms with Gasteiger partial charge < -0.3 is 10.1 Å². The molecule has 2 heterocycles. The molecule has 3 rings (SSSR count). The molecule has 22 heavy (non-hydrogen) atoms. The van der Waals surface area contributed by atoms with Gasteiger partial charge >= 0.3 is 0 Å². The maximum absolute atomic E-state index is 13.0. The van der Waals surface area contributed by atoms with E-state index in [0.717, 1.165) is 11.3 Å². The van der Waals surface area contributed by atoms with Crippen molar-refractivity contribution in [1.29, 1.82) is 0 Å². The average Bonchev–Trinajstić information content (AvgIpc) is 2.93. The number of aryl methyl sites for hydroxylation is 2. The number of hydrogen-bond acceptors (Lipinski definition) is 3. The Bertz CT molecular complexity index is 655. The summed E-state index contributed by atoms with van der Waals surface area (Å²) in [6.07, 6.45) is 4.87. The number of amides is 1. The molecule has 2 aromatic rings. The lowest BCUT2D eigenvalue weighted by Crippen LogP contribution is -2.44. The van der Waals surface area contributed by atoms with Crippen molar-refractivity contribution in [3.8, 4) is 0 Å². The third kappa shape index (κ3) is 2.76. The van der Waals surface area contributed by atoms with Crippen molar-refractivity contribution in [1.82, 2.24) is 9.78 Å². The van der Waals surface area contributed by atoms with E-state index < -0.39 is 5.41 Å². The van der Waals surface area contributed by atoms with Crippen LogP contribution in [0, 0.1) is 6.92 Å². The summed E-state index contributed by atoms with van der Waals surface area (Å²) in [6, 6.07) is 8.24. The lowest BCUT2D eigenvalue weighted by atomic mass is 9.73. The molecule has 0 unspecified atom stereocenters. The van der Waals surface area contributed by atoms with E-state index in [1.54, 1.807) is 17.1 Å². The summed E-state index contributed by atoms with van der Waals surface area (Å²) >= 11 is 0. The topological polar surface area (TPSA) is 56.2 Å². The van der Waals surface area contributed by atoms with E-state index in [1.165, 1.54) is 5.56 Å². The van der Waals surface area contributed by atoms with Gasteiger partial charge in [-0.15, -0.1) is 0 Å². The number of carbonyl (C=O) groups excluding carboxylic acids is 1. The molecule has 5 nitrogen and oxygen atoms in total. The minimum absolute atomic E-state index is 0.0210. The van der Waals surface area contributed by atoms with Crippen molar-refractivity contribution in [2.24, 2.45) is 7.05 Å². The van der Waals surface area contributed by atoms with Gasteiger partial charge in [-0.25, -0.2) is 0 Å². The summed E-state index contributed by atoms with van der Waals surface area (Å²) in [5, 5.41) is 7.11. The first-order chi connectivity index (χ1) is 10.6. The molecule has 0 radical (unpaired) electrons. The van der Waals surface area contributed by atoms with Crippen LogP contribution in [0.2, 0.25) is 0 Å². The number of benzene rings is 1. The first-order valence-corrected chi connectivity index (χ1v) is 7.55. The van der Waals surface area contributed by atoms with Crippen LogP contribution < -0.4 is 5.32 Å². The number of ether oxygens (including phenoxy) is 1. The molecule has 0 aliphatic carbocycles. The van der Waals surface area contributed by atoms with Crippen molar-refractivity contribution in [2.75, 3.05) is 18.5 Å². The molecular formula is C17H21N3O2. The van der Waals surface area contributed by atoms with Crippen LogP contribution in [0.15, 0.2) is 36.7 Å². The van der Waals surface area contributed by atoms with Gasteiger partial charge in [0.05, 0.1) is 17.3 Å². The lowest BCUT2D eigenvalue weighted by molar-refractivity contribution is -0.125. The Morgan fingerprint density at radius 2 is 1.95 bits per heavy atom. The first-order valence-electron chi connectivity index (χ1n) is 7.55. The molecule has 0 atom stereocenters. The van der Waals surface area contributed by atoms with E-state index in [0.29, 0.717) is 26.1 Å². The quantitative estimate of drug-likeness (QED) is 0.947. The predicted octanol–water partition coefficient (Wildman–Crippen LogP) is 2.42. The minimum Gasteiger partial charge on any atom is -0.381 e. The SMILES string of the molecule is Cc1ccc(C2(C(=O)Nc3cnn(C)c3)CCOCC2)cc1. The normalized spacial score (nSPS) is 17.2. The Labute approximate surface area is 130 Å². The van der Waals surface area contributed by atoms with Gasteiger partial charge in [0.1, 0.15) is 0 Å². The van der Waals surface area contributed by atoms with Crippen LogP contribution in [-0.2, 0) is 22.0 Å². The molecule has 0 spiro atoms. The first kappa shape index (κ1) is 14.8. The second kappa shape index (κ2) is 5.93. The van der Waals surface area contributed by atoms with Crippen molar-refractivity contribution < 1.29 is 9.53 Å². The van der Waals surface area contributed by atoms with Crippen LogP contribution in [-0.4, -0.2) is 28.9 Å². The second-order valence-corrected chi connectivity index (χ2v) is 5.92. The second-order valence-electron chi connectivity index (χ2n) is 5.92. The molecule has 1 aromatic heterocycles. The van der Waals surface area contributed by atoms with Gasteiger partial charge in [-0.05, 0) is 25.3 Å². The van der Waals surface area contributed by atoms with Crippen LogP contribution in [0.4, 0.5) is 5.69 Å². The van der Waals surface area contributed by atoms with Crippen molar-refractivity contribution in [2.45, 2.75) is 25.2 Å². The van der Waals surface area contributed by atoms with Gasteiger partial charge in [0.25, 0.3) is 0 Å². The molecular weight excluding hydrogens is 278 g/mol. The van der Waals surface area contributed by atoms with Gasteiger partial charge in [-0.2, -0.15) is 5.10 Å². The Balaban J connectivity index is 1.91. The molecule has 1 aliphatic heterocycles. The number of rotatable bonds is 3. The van der Waals surface area contributed by atoms with Crippen LogP contribution in [0.3, 0.4) is 0 Å². The monoisotopic (exact) mass is 299 g/mol. The maximum Gasteiger partial charge on any atom is 0.235 e. The molecule has 1 N–H and O–H groups in total. The number of anilines is 1.